The van der Waals surface area contributed by atoms with E-state index in [0.717, 1.165) is 6.04 Å². The van der Waals surface area contributed by atoms with Crippen LogP contribution >= 0.6 is 0 Å². The molecule has 0 amide bonds. The number of piperidine rings is 3. The van der Waals surface area contributed by atoms with E-state index in [4.69, 9.17) is 0 Å². The molecule has 0 aliphatic carbocycles. The molecule has 0 unspecified atom stereocenters. The van der Waals surface area contributed by atoms with Crippen LogP contribution in [0.2, 0.25) is 0 Å². The summed E-state index contributed by atoms with van der Waals surface area (Å²) in [6.45, 7) is 12.8. The Balaban J connectivity index is 0.000000153. The molecule has 6 nitrogen and oxygen atoms in total. The summed E-state index contributed by atoms with van der Waals surface area (Å²) in [4.78, 5) is 7.60. The van der Waals surface area contributed by atoms with Crippen molar-refractivity contribution in [1.29, 1.82) is 0 Å². The predicted molar refractivity (Wildman–Crippen MR) is 119 cm³/mol. The highest BCUT2D eigenvalue weighted by atomic mass is 15.3. The number of nitrogens with one attached hydrogen (secondary N) is 3. The van der Waals surface area contributed by atoms with Gasteiger partial charge < -0.3 is 25.8 Å². The topological polar surface area (TPSA) is 45.8 Å². The Morgan fingerprint density at radius 2 is 1.52 bits per heavy atom. The van der Waals surface area contributed by atoms with Gasteiger partial charge in [0.15, 0.2) is 0 Å². The highest BCUT2D eigenvalue weighted by molar-refractivity contribution is 5.08. The highest BCUT2D eigenvalue weighted by Crippen LogP contribution is 2.40. The molecule has 0 aromatic carbocycles. The summed E-state index contributed by atoms with van der Waals surface area (Å²) >= 11 is 0. The zero-order valence-electron chi connectivity index (χ0n) is 18.9. The molecule has 6 aliphatic rings. The van der Waals surface area contributed by atoms with Gasteiger partial charge in [-0.1, -0.05) is 0 Å². The van der Waals surface area contributed by atoms with E-state index in [1.165, 1.54) is 110 Å². The first-order chi connectivity index (χ1) is 14.0. The van der Waals surface area contributed by atoms with Gasteiger partial charge in [-0.05, 0) is 85.2 Å². The minimum absolute atomic E-state index is 0.486. The predicted octanol–water partition coefficient (Wildman–Crippen LogP) is 0.552. The molecule has 0 bridgehead atoms. The van der Waals surface area contributed by atoms with E-state index in [0.29, 0.717) is 16.5 Å². The number of hydrogen-bond acceptors (Lipinski definition) is 6. The van der Waals surface area contributed by atoms with Crippen LogP contribution in [0.15, 0.2) is 0 Å². The van der Waals surface area contributed by atoms with Gasteiger partial charge in [-0.25, -0.2) is 0 Å². The first-order valence-corrected chi connectivity index (χ1v) is 12.3. The molecular weight excluding hydrogens is 360 g/mol. The van der Waals surface area contributed by atoms with Crippen molar-refractivity contribution < 1.29 is 0 Å². The van der Waals surface area contributed by atoms with Crippen LogP contribution in [0.25, 0.3) is 0 Å². The third-order valence-electron chi connectivity index (χ3n) is 9.02. The van der Waals surface area contributed by atoms with Gasteiger partial charge in [0.2, 0.25) is 0 Å². The van der Waals surface area contributed by atoms with E-state index in [1.54, 1.807) is 0 Å². The molecule has 0 saturated carbocycles. The molecule has 0 radical (unpaired) electrons. The van der Waals surface area contributed by atoms with Crippen molar-refractivity contribution in [2.75, 3.05) is 79.5 Å². The molecule has 6 heterocycles. The largest absolute Gasteiger partial charge is 0.316 e. The maximum atomic E-state index is 3.85. The first kappa shape index (κ1) is 20.7. The van der Waals surface area contributed by atoms with Crippen LogP contribution < -0.4 is 16.0 Å². The molecule has 1 atom stereocenters. The van der Waals surface area contributed by atoms with Gasteiger partial charge in [0.25, 0.3) is 0 Å². The second kappa shape index (κ2) is 8.03. The van der Waals surface area contributed by atoms with E-state index in [2.05, 4.69) is 44.7 Å². The van der Waals surface area contributed by atoms with Crippen molar-refractivity contribution in [3.63, 3.8) is 0 Å². The molecule has 6 saturated heterocycles. The normalized spacial score (nSPS) is 36.0. The lowest BCUT2D eigenvalue weighted by Crippen LogP contribution is -2.73. The summed E-state index contributed by atoms with van der Waals surface area (Å²) in [5.41, 5.74) is 1.72. The van der Waals surface area contributed by atoms with Crippen molar-refractivity contribution in [3.05, 3.63) is 0 Å². The van der Waals surface area contributed by atoms with Crippen LogP contribution in [-0.2, 0) is 0 Å². The van der Waals surface area contributed by atoms with E-state index in [-0.39, 0.29) is 0 Å². The Bertz CT molecular complexity index is 536. The van der Waals surface area contributed by atoms with Crippen molar-refractivity contribution >= 4 is 0 Å². The minimum atomic E-state index is 0.486. The zero-order chi connectivity index (χ0) is 20.0. The average molecular weight is 405 g/mol. The maximum absolute atomic E-state index is 3.85. The fraction of sp³-hybridized carbons (Fsp3) is 1.00. The van der Waals surface area contributed by atoms with Gasteiger partial charge in [0.05, 0.1) is 0 Å². The van der Waals surface area contributed by atoms with Crippen LogP contribution in [0.5, 0.6) is 0 Å². The summed E-state index contributed by atoms with van der Waals surface area (Å²) in [7, 11) is 4.44. The van der Waals surface area contributed by atoms with Crippen LogP contribution in [0.1, 0.15) is 44.9 Å². The summed E-state index contributed by atoms with van der Waals surface area (Å²) < 4.78 is 0. The van der Waals surface area contributed by atoms with Gasteiger partial charge in [-0.2, -0.15) is 0 Å². The van der Waals surface area contributed by atoms with Gasteiger partial charge in [0, 0.05) is 61.8 Å². The molecule has 6 rings (SSSR count). The number of likely N-dealkylation sites (tertiary alicyclic amines) is 3. The number of likely N-dealkylation sites (N-methyl/N-ethyl adjacent to an activating group) is 1. The Kier molecular flexibility index (Phi) is 5.72. The van der Waals surface area contributed by atoms with Crippen LogP contribution in [0, 0.1) is 5.41 Å². The van der Waals surface area contributed by atoms with Gasteiger partial charge in [-0.15, -0.1) is 0 Å². The number of rotatable bonds is 1. The Labute approximate surface area is 178 Å². The van der Waals surface area contributed by atoms with Gasteiger partial charge >= 0.3 is 0 Å². The smallest absolute Gasteiger partial charge is 0.0438 e. The molecule has 166 valence electrons. The molecule has 6 aliphatic heterocycles. The SMILES string of the molecule is CN1CC2(CC[C@@H](N3CC4(CCCNC4)C3)CN2)C1.CN1CCC2(CCN2)CC1. The second-order valence-electron chi connectivity index (χ2n) is 11.5. The standard InChI is InChI=1S/C15H28N4.C8H16N2/c1-18-11-15(12-18)5-3-13(7-17-15)19-9-14(10-19)4-2-6-16-8-14;1-10-6-3-8(4-7-10)2-5-9-8/h13,16-17H,2-12H2,1H3;9H,2-7H2,1H3/t13-;/m1./s1. The molecule has 6 fully saturated rings. The Morgan fingerprint density at radius 1 is 0.759 bits per heavy atom. The molecule has 3 N–H and O–H groups in total. The third-order valence-corrected chi connectivity index (χ3v) is 9.02. The zero-order valence-corrected chi connectivity index (χ0v) is 18.9. The van der Waals surface area contributed by atoms with Crippen LogP contribution in [0.4, 0.5) is 0 Å². The average Bonchev–Trinajstić information content (AvgIpc) is 2.66. The molecule has 29 heavy (non-hydrogen) atoms. The summed E-state index contributed by atoms with van der Waals surface area (Å²) in [5, 5.41) is 11.0. The van der Waals surface area contributed by atoms with E-state index < -0.39 is 0 Å². The number of nitrogens with zero attached hydrogens (tertiary/aromatic N) is 3. The Hall–Kier alpha value is -0.240. The lowest BCUT2D eigenvalue weighted by molar-refractivity contribution is -0.0677. The third kappa shape index (κ3) is 4.26. The van der Waals surface area contributed by atoms with Crippen molar-refractivity contribution in [1.82, 2.24) is 30.7 Å². The van der Waals surface area contributed by atoms with Gasteiger partial charge in [0.1, 0.15) is 0 Å². The first-order valence-electron chi connectivity index (χ1n) is 12.3. The highest BCUT2D eigenvalue weighted by Gasteiger charge is 2.49. The summed E-state index contributed by atoms with van der Waals surface area (Å²) in [6, 6.07) is 0.809. The summed E-state index contributed by atoms with van der Waals surface area (Å²) in [6.07, 6.45) is 9.76. The second-order valence-corrected chi connectivity index (χ2v) is 11.5. The minimum Gasteiger partial charge on any atom is -0.316 e. The lowest BCUT2D eigenvalue weighted by Gasteiger charge is -2.59. The fourth-order valence-electron chi connectivity index (χ4n) is 6.86. The Morgan fingerprint density at radius 3 is 2.03 bits per heavy atom. The van der Waals surface area contributed by atoms with Crippen LogP contribution in [-0.4, -0.2) is 111 Å². The monoisotopic (exact) mass is 404 g/mol. The van der Waals surface area contributed by atoms with Crippen molar-refractivity contribution in [2.24, 2.45) is 5.41 Å². The molecule has 0 aromatic rings. The summed E-state index contributed by atoms with van der Waals surface area (Å²) in [5.74, 6) is 0. The van der Waals surface area contributed by atoms with Crippen molar-refractivity contribution in [3.8, 4) is 0 Å². The molecule has 6 heteroatoms. The quantitative estimate of drug-likeness (QED) is 0.593. The van der Waals surface area contributed by atoms with Gasteiger partial charge in [-0.3, -0.25) is 4.90 Å². The molecule has 3 spiro atoms. The lowest BCUT2D eigenvalue weighted by atomic mass is 9.72. The fourth-order valence-corrected chi connectivity index (χ4v) is 6.86. The maximum Gasteiger partial charge on any atom is 0.0438 e. The van der Waals surface area contributed by atoms with Crippen molar-refractivity contribution in [2.45, 2.75) is 62.1 Å². The molecular formula is C23H44N6. The molecule has 0 aromatic heterocycles. The van der Waals surface area contributed by atoms with Crippen LogP contribution in [0.3, 0.4) is 0 Å². The number of hydrogen-bond donors (Lipinski definition) is 3. The van der Waals surface area contributed by atoms with E-state index in [9.17, 15) is 0 Å². The van der Waals surface area contributed by atoms with E-state index in [1.807, 2.05) is 0 Å². The van der Waals surface area contributed by atoms with E-state index >= 15 is 0 Å².